The van der Waals surface area contributed by atoms with E-state index in [1.54, 1.807) is 42.1 Å². The van der Waals surface area contributed by atoms with Crippen molar-refractivity contribution in [2.45, 2.75) is 0 Å². The standard InChI is InChI=1S/C20H15Cl3N4O2/c1-25-16-9-27(15-8-14(24)12(22)7-13(15)23)18(10-5-3-4-6-11(10)21)17(16)19(28)26(2)20(25)29/h3-9H,24H2,1-2H3. The zero-order chi connectivity index (χ0) is 21.0. The van der Waals surface area contributed by atoms with Gasteiger partial charge in [0.15, 0.2) is 0 Å². The van der Waals surface area contributed by atoms with Gasteiger partial charge in [-0.15, -0.1) is 0 Å². The largest absolute Gasteiger partial charge is 0.397 e. The summed E-state index contributed by atoms with van der Waals surface area (Å²) >= 11 is 19.0. The van der Waals surface area contributed by atoms with Gasteiger partial charge in [-0.2, -0.15) is 0 Å². The summed E-state index contributed by atoms with van der Waals surface area (Å²) < 4.78 is 4.17. The smallest absolute Gasteiger partial charge is 0.330 e. The molecule has 0 fully saturated rings. The van der Waals surface area contributed by atoms with Crippen LogP contribution >= 0.6 is 34.8 Å². The van der Waals surface area contributed by atoms with Crippen molar-refractivity contribution < 1.29 is 0 Å². The van der Waals surface area contributed by atoms with Gasteiger partial charge in [0, 0.05) is 30.9 Å². The number of rotatable bonds is 2. The highest BCUT2D eigenvalue weighted by atomic mass is 35.5. The van der Waals surface area contributed by atoms with E-state index in [1.807, 2.05) is 6.07 Å². The molecule has 0 saturated heterocycles. The molecule has 29 heavy (non-hydrogen) atoms. The summed E-state index contributed by atoms with van der Waals surface area (Å²) in [6.07, 6.45) is 1.67. The molecule has 0 amide bonds. The molecule has 0 saturated carbocycles. The van der Waals surface area contributed by atoms with Crippen LogP contribution in [-0.4, -0.2) is 13.7 Å². The van der Waals surface area contributed by atoms with Gasteiger partial charge in [-0.3, -0.25) is 13.9 Å². The highest BCUT2D eigenvalue weighted by Crippen LogP contribution is 2.38. The fourth-order valence-electron chi connectivity index (χ4n) is 3.39. The molecule has 4 rings (SSSR count). The van der Waals surface area contributed by atoms with Crippen LogP contribution < -0.4 is 17.0 Å². The van der Waals surface area contributed by atoms with E-state index in [2.05, 4.69) is 0 Å². The van der Waals surface area contributed by atoms with Crippen molar-refractivity contribution in [2.75, 3.05) is 5.73 Å². The fourth-order valence-corrected chi connectivity index (χ4v) is 4.09. The lowest BCUT2D eigenvalue weighted by atomic mass is 10.1. The average Bonchev–Trinajstić information content (AvgIpc) is 3.08. The van der Waals surface area contributed by atoms with Crippen LogP contribution in [0.4, 0.5) is 5.69 Å². The predicted octanol–water partition coefficient (Wildman–Crippen LogP) is 4.24. The van der Waals surface area contributed by atoms with Crippen molar-refractivity contribution in [2.24, 2.45) is 14.1 Å². The molecule has 9 heteroatoms. The number of aromatic nitrogens is 3. The van der Waals surface area contributed by atoms with Crippen molar-refractivity contribution in [3.63, 3.8) is 0 Å². The molecule has 0 spiro atoms. The Labute approximate surface area is 180 Å². The number of nitrogens with zero attached hydrogens (tertiary/aromatic N) is 3. The van der Waals surface area contributed by atoms with Gasteiger partial charge in [-0.25, -0.2) is 4.79 Å². The quantitative estimate of drug-likeness (QED) is 0.465. The van der Waals surface area contributed by atoms with Crippen LogP contribution in [0.2, 0.25) is 15.1 Å². The number of halogens is 3. The Balaban J connectivity index is 2.27. The maximum absolute atomic E-state index is 13.1. The third kappa shape index (κ3) is 2.95. The van der Waals surface area contributed by atoms with Gasteiger partial charge in [0.2, 0.25) is 0 Å². The van der Waals surface area contributed by atoms with Crippen LogP contribution in [0.3, 0.4) is 0 Å². The maximum atomic E-state index is 13.1. The highest BCUT2D eigenvalue weighted by Gasteiger charge is 2.23. The molecule has 0 aliphatic carbocycles. The Morgan fingerprint density at radius 2 is 1.59 bits per heavy atom. The van der Waals surface area contributed by atoms with Crippen molar-refractivity contribution >= 4 is 51.4 Å². The molecule has 0 atom stereocenters. The lowest BCUT2D eigenvalue weighted by Crippen LogP contribution is -2.36. The molecule has 2 aromatic carbocycles. The lowest BCUT2D eigenvalue weighted by molar-refractivity contribution is 0.714. The molecule has 2 N–H and O–H groups in total. The molecule has 0 aliphatic heterocycles. The molecule has 148 valence electrons. The minimum absolute atomic E-state index is 0.318. The summed E-state index contributed by atoms with van der Waals surface area (Å²) in [6, 6.07) is 10.3. The summed E-state index contributed by atoms with van der Waals surface area (Å²) in [6.45, 7) is 0. The van der Waals surface area contributed by atoms with E-state index in [4.69, 9.17) is 40.5 Å². The van der Waals surface area contributed by atoms with Gasteiger partial charge in [0.25, 0.3) is 5.56 Å². The van der Waals surface area contributed by atoms with E-state index < -0.39 is 11.2 Å². The van der Waals surface area contributed by atoms with Crippen LogP contribution in [0.25, 0.3) is 27.8 Å². The molecule has 4 aromatic rings. The van der Waals surface area contributed by atoms with Crippen LogP contribution in [0.15, 0.2) is 52.2 Å². The summed E-state index contributed by atoms with van der Waals surface area (Å²) in [5.74, 6) is 0. The molecule has 2 heterocycles. The highest BCUT2D eigenvalue weighted by molar-refractivity contribution is 6.37. The molecule has 6 nitrogen and oxygen atoms in total. The third-order valence-electron chi connectivity index (χ3n) is 4.89. The van der Waals surface area contributed by atoms with E-state index >= 15 is 0 Å². The van der Waals surface area contributed by atoms with E-state index in [0.717, 1.165) is 4.57 Å². The second kappa shape index (κ2) is 6.99. The Kier molecular flexibility index (Phi) is 4.73. The number of hydrogen-bond donors (Lipinski definition) is 1. The average molecular weight is 450 g/mol. The second-order valence-corrected chi connectivity index (χ2v) is 7.84. The van der Waals surface area contributed by atoms with Gasteiger partial charge in [-0.1, -0.05) is 53.0 Å². The van der Waals surface area contributed by atoms with Gasteiger partial charge in [0.05, 0.1) is 38.0 Å². The Morgan fingerprint density at radius 1 is 0.897 bits per heavy atom. The normalized spacial score (nSPS) is 11.3. The third-order valence-corrected chi connectivity index (χ3v) is 5.85. The zero-order valence-corrected chi connectivity index (χ0v) is 17.7. The van der Waals surface area contributed by atoms with Crippen LogP contribution in [0.5, 0.6) is 0 Å². The second-order valence-electron chi connectivity index (χ2n) is 6.62. The summed E-state index contributed by atoms with van der Waals surface area (Å²) in [5, 5.41) is 1.44. The predicted molar refractivity (Wildman–Crippen MR) is 119 cm³/mol. The number of aryl methyl sites for hydroxylation is 1. The molecular weight excluding hydrogens is 435 g/mol. The van der Waals surface area contributed by atoms with Crippen LogP contribution in [0.1, 0.15) is 0 Å². The fraction of sp³-hybridized carbons (Fsp3) is 0.100. The van der Waals surface area contributed by atoms with Crippen molar-refractivity contribution in [1.29, 1.82) is 0 Å². The maximum Gasteiger partial charge on any atom is 0.330 e. The molecule has 0 unspecified atom stereocenters. The van der Waals surface area contributed by atoms with Crippen molar-refractivity contribution in [3.8, 4) is 16.9 Å². The molecular formula is C20H15Cl3N4O2. The number of benzene rings is 2. The summed E-state index contributed by atoms with van der Waals surface area (Å²) in [7, 11) is 3.04. The summed E-state index contributed by atoms with van der Waals surface area (Å²) in [4.78, 5) is 25.5. The SMILES string of the molecule is Cn1c(=O)c2c(-c3ccccc3Cl)n(-c3cc(N)c(Cl)cc3Cl)cc2n(C)c1=O. The molecule has 2 aromatic heterocycles. The lowest BCUT2D eigenvalue weighted by Gasteiger charge is -2.14. The van der Waals surface area contributed by atoms with Crippen LogP contribution in [0, 0.1) is 0 Å². The van der Waals surface area contributed by atoms with Gasteiger partial charge in [-0.05, 0) is 18.2 Å². The minimum Gasteiger partial charge on any atom is -0.397 e. The molecule has 0 radical (unpaired) electrons. The van der Waals surface area contributed by atoms with Gasteiger partial charge in [0.1, 0.15) is 0 Å². The molecule has 0 aliphatic rings. The van der Waals surface area contributed by atoms with E-state index in [1.165, 1.54) is 17.7 Å². The van der Waals surface area contributed by atoms with Crippen molar-refractivity contribution in [1.82, 2.24) is 13.7 Å². The Hall–Kier alpha value is -2.67. The first kappa shape index (κ1) is 19.6. The number of fused-ring (bicyclic) bond motifs is 1. The number of nitrogens with two attached hydrogens (primary N) is 1. The minimum atomic E-state index is -0.438. The number of nitrogen functional groups attached to an aromatic ring is 1. The molecule has 0 bridgehead atoms. The number of anilines is 1. The van der Waals surface area contributed by atoms with E-state index in [9.17, 15) is 9.59 Å². The topological polar surface area (TPSA) is 75.0 Å². The number of hydrogen-bond acceptors (Lipinski definition) is 3. The summed E-state index contributed by atoms with van der Waals surface area (Å²) in [5.41, 5.74) is 7.52. The van der Waals surface area contributed by atoms with E-state index in [-0.39, 0.29) is 0 Å². The van der Waals surface area contributed by atoms with E-state index in [0.29, 0.717) is 48.6 Å². The Morgan fingerprint density at radius 3 is 2.28 bits per heavy atom. The van der Waals surface area contributed by atoms with Crippen LogP contribution in [-0.2, 0) is 14.1 Å². The Bertz CT molecular complexity index is 1420. The first-order valence-corrected chi connectivity index (χ1v) is 9.66. The first-order valence-electron chi connectivity index (χ1n) is 8.53. The van der Waals surface area contributed by atoms with Gasteiger partial charge >= 0.3 is 5.69 Å². The van der Waals surface area contributed by atoms with Gasteiger partial charge < -0.3 is 10.3 Å². The van der Waals surface area contributed by atoms with Crippen molar-refractivity contribution in [3.05, 3.63) is 78.5 Å². The zero-order valence-electron chi connectivity index (χ0n) is 15.4. The monoisotopic (exact) mass is 448 g/mol. The first-order chi connectivity index (χ1) is 13.7.